The van der Waals surface area contributed by atoms with Crippen LogP contribution >= 0.6 is 11.3 Å². The first-order valence-electron chi connectivity index (χ1n) is 7.98. The van der Waals surface area contributed by atoms with E-state index in [1.54, 1.807) is 45.9 Å². The molecule has 2 rings (SSSR count). The second kappa shape index (κ2) is 7.82. The van der Waals surface area contributed by atoms with Crippen molar-refractivity contribution >= 4 is 33.4 Å². The van der Waals surface area contributed by atoms with E-state index in [0.717, 1.165) is 10.3 Å². The molecular formula is C18H21NO6S. The van der Waals surface area contributed by atoms with Crippen LogP contribution in [-0.2, 0) is 14.3 Å². The normalized spacial score (nSPS) is 12.5. The molecule has 7 nitrogen and oxygen atoms in total. The number of benzene rings is 1. The Bertz CT molecular complexity index is 836. The van der Waals surface area contributed by atoms with Gasteiger partial charge in [-0.3, -0.25) is 0 Å². The van der Waals surface area contributed by atoms with Crippen molar-refractivity contribution in [2.75, 3.05) is 13.7 Å². The number of nitrogens with zero attached hydrogens (tertiary/aromatic N) is 1. The largest absolute Gasteiger partial charge is 0.479 e. The third kappa shape index (κ3) is 4.57. The molecule has 0 aliphatic heterocycles. The van der Waals surface area contributed by atoms with Gasteiger partial charge in [-0.1, -0.05) is 11.2 Å². The zero-order chi connectivity index (χ0) is 19.5. The zero-order valence-electron chi connectivity index (χ0n) is 15.3. The quantitative estimate of drug-likeness (QED) is 0.551. The van der Waals surface area contributed by atoms with Gasteiger partial charge in [0.1, 0.15) is 11.6 Å². The van der Waals surface area contributed by atoms with E-state index in [-0.39, 0.29) is 17.2 Å². The average Bonchev–Trinajstić information content (AvgIpc) is 2.94. The first kappa shape index (κ1) is 19.8. The van der Waals surface area contributed by atoms with Crippen molar-refractivity contribution in [3.63, 3.8) is 0 Å². The summed E-state index contributed by atoms with van der Waals surface area (Å²) in [6.45, 7) is 6.63. The van der Waals surface area contributed by atoms with Crippen LogP contribution in [0.5, 0.6) is 5.75 Å². The molecule has 0 fully saturated rings. The lowest BCUT2D eigenvalue weighted by atomic mass is 10.1. The lowest BCUT2D eigenvalue weighted by Crippen LogP contribution is -2.27. The molecule has 1 atom stereocenters. The van der Waals surface area contributed by atoms with E-state index in [1.165, 1.54) is 18.4 Å². The molecular weight excluding hydrogens is 358 g/mol. The van der Waals surface area contributed by atoms with Crippen molar-refractivity contribution < 1.29 is 23.8 Å². The van der Waals surface area contributed by atoms with Gasteiger partial charge in [0, 0.05) is 10.1 Å². The molecule has 2 aromatic rings. The number of esters is 2. The Kier molecular flexibility index (Phi) is 5.97. The van der Waals surface area contributed by atoms with E-state index in [0.29, 0.717) is 5.39 Å². The Morgan fingerprint density at radius 3 is 2.54 bits per heavy atom. The molecule has 0 saturated carbocycles. The average molecular weight is 379 g/mol. The van der Waals surface area contributed by atoms with Crippen molar-refractivity contribution in [3.05, 3.63) is 33.5 Å². The van der Waals surface area contributed by atoms with Gasteiger partial charge >= 0.3 is 11.9 Å². The van der Waals surface area contributed by atoms with Crippen LogP contribution in [0.3, 0.4) is 0 Å². The highest BCUT2D eigenvalue weighted by molar-refractivity contribution is 7.21. The number of carbonyl (C=O) groups excluding carboxylic acids is 2. The molecule has 0 N–H and O–H groups in total. The molecule has 26 heavy (non-hydrogen) atoms. The van der Waals surface area contributed by atoms with Crippen LogP contribution in [0.4, 0.5) is 0 Å². The number of nitroso groups, excluding NO2 is 1. The molecule has 8 heteroatoms. The van der Waals surface area contributed by atoms with Crippen LogP contribution in [0.25, 0.3) is 10.1 Å². The second-order valence-corrected chi connectivity index (χ2v) is 7.72. The van der Waals surface area contributed by atoms with Crippen molar-refractivity contribution in [1.29, 1.82) is 0 Å². The Hall–Kier alpha value is -2.48. The number of hydrogen-bond acceptors (Lipinski definition) is 8. The van der Waals surface area contributed by atoms with Gasteiger partial charge in [0.25, 0.3) is 0 Å². The number of thiophene rings is 1. The highest BCUT2D eigenvalue weighted by Gasteiger charge is 2.23. The van der Waals surface area contributed by atoms with E-state index in [4.69, 9.17) is 14.2 Å². The molecule has 0 aliphatic rings. The topological polar surface area (TPSA) is 91.3 Å². The summed E-state index contributed by atoms with van der Waals surface area (Å²) in [5.74, 6) is -0.836. The number of ether oxygens (including phenoxy) is 3. The molecule has 1 heterocycles. The molecule has 1 aromatic carbocycles. The van der Waals surface area contributed by atoms with Gasteiger partial charge in [-0.05, 0) is 45.4 Å². The highest BCUT2D eigenvalue weighted by Crippen LogP contribution is 2.39. The first-order valence-corrected chi connectivity index (χ1v) is 8.79. The highest BCUT2D eigenvalue weighted by atomic mass is 32.1. The molecule has 0 radical (unpaired) electrons. The molecule has 0 bridgehead atoms. The summed E-state index contributed by atoms with van der Waals surface area (Å²) in [6.07, 6.45) is 0. The lowest BCUT2D eigenvalue weighted by Gasteiger charge is -2.19. The zero-order valence-corrected chi connectivity index (χ0v) is 16.1. The molecule has 1 aromatic heterocycles. The molecule has 1 unspecified atom stereocenters. The van der Waals surface area contributed by atoms with E-state index in [1.807, 2.05) is 0 Å². The van der Waals surface area contributed by atoms with Crippen LogP contribution in [0, 0.1) is 4.91 Å². The van der Waals surface area contributed by atoms with Gasteiger partial charge in [0.15, 0.2) is 17.2 Å². The molecule has 0 aliphatic carbocycles. The van der Waals surface area contributed by atoms with E-state index < -0.39 is 23.6 Å². The van der Waals surface area contributed by atoms with E-state index >= 15 is 0 Å². The standard InChI is InChI=1S/C18H21NO6S/c1-10(19-22)11-6-7-12-13(8-11)26-16(17(21)23-5)15(12)24-9-14(20)25-18(2,3)4/h6-8,10H,9H2,1-5H3. The monoisotopic (exact) mass is 379 g/mol. The van der Waals surface area contributed by atoms with Crippen LogP contribution in [-0.4, -0.2) is 31.3 Å². The summed E-state index contributed by atoms with van der Waals surface area (Å²) in [5.41, 5.74) is 0.0960. The fourth-order valence-electron chi connectivity index (χ4n) is 2.28. The van der Waals surface area contributed by atoms with Gasteiger partial charge in [-0.2, -0.15) is 4.91 Å². The van der Waals surface area contributed by atoms with Gasteiger partial charge < -0.3 is 14.2 Å². The predicted octanol–water partition coefficient (Wildman–Crippen LogP) is 4.24. The maximum Gasteiger partial charge on any atom is 0.351 e. The molecule has 0 saturated heterocycles. The summed E-state index contributed by atoms with van der Waals surface area (Å²) in [4.78, 5) is 35.0. The Balaban J connectivity index is 2.37. The van der Waals surface area contributed by atoms with Gasteiger partial charge in [0.2, 0.25) is 0 Å². The van der Waals surface area contributed by atoms with Crippen LogP contribution in [0.1, 0.15) is 49.0 Å². The van der Waals surface area contributed by atoms with Crippen LogP contribution < -0.4 is 4.74 Å². The first-order chi connectivity index (χ1) is 12.2. The summed E-state index contributed by atoms with van der Waals surface area (Å²) < 4.78 is 16.3. The van der Waals surface area contributed by atoms with Crippen molar-refractivity contribution in [2.45, 2.75) is 39.3 Å². The van der Waals surface area contributed by atoms with Crippen LogP contribution in [0.15, 0.2) is 23.4 Å². The van der Waals surface area contributed by atoms with Crippen molar-refractivity contribution in [2.24, 2.45) is 5.18 Å². The predicted molar refractivity (Wildman–Crippen MR) is 98.7 cm³/mol. The molecule has 0 spiro atoms. The van der Waals surface area contributed by atoms with Gasteiger partial charge in [0.05, 0.1) is 7.11 Å². The third-order valence-corrected chi connectivity index (χ3v) is 4.55. The smallest absolute Gasteiger partial charge is 0.351 e. The minimum atomic E-state index is -0.630. The molecule has 0 amide bonds. The SMILES string of the molecule is COC(=O)c1sc2cc(C(C)N=O)ccc2c1OCC(=O)OC(C)(C)C. The third-order valence-electron chi connectivity index (χ3n) is 3.43. The lowest BCUT2D eigenvalue weighted by molar-refractivity contribution is -0.157. The second-order valence-electron chi connectivity index (χ2n) is 6.66. The van der Waals surface area contributed by atoms with Crippen molar-refractivity contribution in [1.82, 2.24) is 0 Å². The number of fused-ring (bicyclic) bond motifs is 1. The maximum atomic E-state index is 12.1. The number of methoxy groups -OCH3 is 1. The maximum absolute atomic E-state index is 12.1. The van der Waals surface area contributed by atoms with E-state index in [2.05, 4.69) is 5.18 Å². The Morgan fingerprint density at radius 2 is 1.96 bits per heavy atom. The Labute approximate surface area is 155 Å². The number of hydrogen-bond donors (Lipinski definition) is 0. The summed E-state index contributed by atoms with van der Waals surface area (Å²) in [6, 6.07) is 4.75. The van der Waals surface area contributed by atoms with Crippen molar-refractivity contribution in [3.8, 4) is 5.75 Å². The molecule has 140 valence electrons. The summed E-state index contributed by atoms with van der Waals surface area (Å²) >= 11 is 1.17. The summed E-state index contributed by atoms with van der Waals surface area (Å²) in [7, 11) is 1.27. The summed E-state index contributed by atoms with van der Waals surface area (Å²) in [5, 5.41) is 3.66. The number of rotatable bonds is 6. The van der Waals surface area contributed by atoms with Gasteiger partial charge in [-0.25, -0.2) is 9.59 Å². The van der Waals surface area contributed by atoms with Crippen LogP contribution in [0.2, 0.25) is 0 Å². The Morgan fingerprint density at radius 1 is 1.27 bits per heavy atom. The fourth-order valence-corrected chi connectivity index (χ4v) is 3.40. The fraction of sp³-hybridized carbons (Fsp3) is 0.444. The van der Waals surface area contributed by atoms with E-state index in [9.17, 15) is 14.5 Å². The minimum absolute atomic E-state index is 0.245. The minimum Gasteiger partial charge on any atom is -0.479 e. The van der Waals surface area contributed by atoms with Gasteiger partial charge in [-0.15, -0.1) is 11.3 Å². The number of carbonyl (C=O) groups is 2.